The maximum atomic E-state index is 11.6. The van der Waals surface area contributed by atoms with E-state index in [1.807, 2.05) is 0 Å². The van der Waals surface area contributed by atoms with Gasteiger partial charge in [-0.1, -0.05) is 123 Å². The van der Waals surface area contributed by atoms with Crippen molar-refractivity contribution >= 4 is 5.97 Å². The highest BCUT2D eigenvalue weighted by atomic mass is 16.4. The van der Waals surface area contributed by atoms with E-state index in [2.05, 4.69) is 13.8 Å². The highest BCUT2D eigenvalue weighted by Gasteiger charge is 2.21. The lowest BCUT2D eigenvalue weighted by Crippen LogP contribution is -2.18. The fraction of sp³-hybridized carbons (Fsp3) is 0.962. The van der Waals surface area contributed by atoms with Crippen LogP contribution in [0.3, 0.4) is 0 Å². The first-order valence-electron chi connectivity index (χ1n) is 13.0. The first-order valence-corrected chi connectivity index (χ1v) is 13.0. The van der Waals surface area contributed by atoms with Gasteiger partial charge in [-0.25, -0.2) is 5.11 Å². The average molecular weight is 412 g/mol. The monoisotopic (exact) mass is 411 g/mol. The second-order valence-electron chi connectivity index (χ2n) is 9.13. The molecule has 0 aliphatic carbocycles. The van der Waals surface area contributed by atoms with Crippen molar-refractivity contribution in [3.63, 3.8) is 0 Å². The summed E-state index contributed by atoms with van der Waals surface area (Å²) in [5.74, 6) is -0.114. The van der Waals surface area contributed by atoms with Gasteiger partial charge in [-0.15, -0.1) is 0 Å². The molecule has 29 heavy (non-hydrogen) atoms. The van der Waals surface area contributed by atoms with Crippen LogP contribution in [0.4, 0.5) is 0 Å². The predicted octanol–water partition coefficient (Wildman–Crippen LogP) is 8.58. The van der Waals surface area contributed by atoms with Crippen LogP contribution in [0.2, 0.25) is 0 Å². The standard InChI is InChI=1S/C26H51O3/c1-3-5-20-24(4-2)23-25(26(28)29)21-18-16-14-12-10-8-6-7-9-11-13-15-17-19-22-27/h24-25H,3-23H2,1-2H3,(H,28,29). The molecule has 0 saturated heterocycles. The summed E-state index contributed by atoms with van der Waals surface area (Å²) in [6.07, 6.45) is 23.9. The van der Waals surface area contributed by atoms with Gasteiger partial charge in [-0.2, -0.15) is 0 Å². The smallest absolute Gasteiger partial charge is 0.306 e. The van der Waals surface area contributed by atoms with Crippen LogP contribution in [-0.4, -0.2) is 17.7 Å². The third kappa shape index (κ3) is 19.2. The maximum Gasteiger partial charge on any atom is 0.306 e. The van der Waals surface area contributed by atoms with Crippen LogP contribution in [0.1, 0.15) is 142 Å². The Morgan fingerprint density at radius 2 is 1.10 bits per heavy atom. The van der Waals surface area contributed by atoms with Gasteiger partial charge in [0.15, 0.2) is 0 Å². The first-order chi connectivity index (χ1) is 14.2. The minimum atomic E-state index is -0.578. The normalized spacial score (nSPS) is 13.5. The van der Waals surface area contributed by atoms with Crippen LogP contribution >= 0.6 is 0 Å². The van der Waals surface area contributed by atoms with Gasteiger partial charge in [0, 0.05) is 0 Å². The Morgan fingerprint density at radius 3 is 1.48 bits per heavy atom. The molecule has 0 amide bonds. The van der Waals surface area contributed by atoms with E-state index in [4.69, 9.17) is 0 Å². The zero-order chi connectivity index (χ0) is 21.6. The Labute approximate surface area is 182 Å². The molecule has 0 aliphatic rings. The van der Waals surface area contributed by atoms with Crippen molar-refractivity contribution < 1.29 is 15.0 Å². The number of hydrogen-bond acceptors (Lipinski definition) is 1. The lowest BCUT2D eigenvalue weighted by atomic mass is 9.86. The fourth-order valence-electron chi connectivity index (χ4n) is 4.34. The van der Waals surface area contributed by atoms with Crippen molar-refractivity contribution in [2.75, 3.05) is 6.61 Å². The molecule has 2 atom stereocenters. The van der Waals surface area contributed by atoms with Crippen molar-refractivity contribution in [1.82, 2.24) is 0 Å². The van der Waals surface area contributed by atoms with Gasteiger partial charge in [-0.05, 0) is 25.2 Å². The summed E-state index contributed by atoms with van der Waals surface area (Å²) < 4.78 is 0. The first kappa shape index (κ1) is 28.4. The van der Waals surface area contributed by atoms with Crippen LogP contribution in [-0.2, 0) is 9.90 Å². The summed E-state index contributed by atoms with van der Waals surface area (Å²) in [4.78, 5) is 11.6. The molecule has 2 unspecified atom stereocenters. The molecule has 1 radical (unpaired) electrons. The van der Waals surface area contributed by atoms with E-state index in [-0.39, 0.29) is 12.5 Å². The van der Waals surface area contributed by atoms with Crippen molar-refractivity contribution in [3.8, 4) is 0 Å². The summed E-state index contributed by atoms with van der Waals surface area (Å²) in [7, 11) is 0. The van der Waals surface area contributed by atoms with E-state index >= 15 is 0 Å². The van der Waals surface area contributed by atoms with Crippen LogP contribution in [0.5, 0.6) is 0 Å². The number of unbranched alkanes of at least 4 members (excludes halogenated alkanes) is 14. The molecule has 0 bridgehead atoms. The van der Waals surface area contributed by atoms with E-state index in [9.17, 15) is 15.0 Å². The Bertz CT molecular complexity index is 343. The summed E-state index contributed by atoms with van der Waals surface area (Å²) in [6, 6.07) is 0. The number of carboxylic acid groups (broad SMARTS) is 1. The molecule has 3 nitrogen and oxygen atoms in total. The van der Waals surface area contributed by atoms with Gasteiger partial charge in [0.05, 0.1) is 12.5 Å². The molecule has 173 valence electrons. The Hall–Kier alpha value is -0.570. The molecule has 0 spiro atoms. The number of carboxylic acids is 1. The molecule has 0 saturated carbocycles. The zero-order valence-electron chi connectivity index (χ0n) is 19.8. The molecule has 0 aromatic heterocycles. The van der Waals surface area contributed by atoms with E-state index in [0.29, 0.717) is 5.92 Å². The van der Waals surface area contributed by atoms with Crippen LogP contribution in [0.25, 0.3) is 0 Å². The minimum absolute atomic E-state index is 0.0957. The second kappa shape index (κ2) is 22.1. The van der Waals surface area contributed by atoms with Crippen molar-refractivity contribution in [2.45, 2.75) is 142 Å². The lowest BCUT2D eigenvalue weighted by Gasteiger charge is -2.19. The van der Waals surface area contributed by atoms with Crippen LogP contribution in [0.15, 0.2) is 0 Å². The number of rotatable bonds is 23. The summed E-state index contributed by atoms with van der Waals surface area (Å²) in [5.41, 5.74) is 0. The molecule has 3 heteroatoms. The average Bonchev–Trinajstić information content (AvgIpc) is 2.72. The Balaban J connectivity index is 3.53. The van der Waals surface area contributed by atoms with Gasteiger partial charge in [0.2, 0.25) is 0 Å². The lowest BCUT2D eigenvalue weighted by molar-refractivity contribution is -0.142. The Morgan fingerprint density at radius 1 is 0.655 bits per heavy atom. The molecular weight excluding hydrogens is 360 g/mol. The van der Waals surface area contributed by atoms with Crippen molar-refractivity contribution in [1.29, 1.82) is 0 Å². The molecule has 1 N–H and O–H groups in total. The quantitative estimate of drug-likeness (QED) is 0.171. The Kier molecular flexibility index (Phi) is 21.7. The number of hydrogen-bond donors (Lipinski definition) is 1. The molecule has 0 aliphatic heterocycles. The molecule has 0 rings (SSSR count). The highest BCUT2D eigenvalue weighted by molar-refractivity contribution is 5.69. The van der Waals surface area contributed by atoms with E-state index in [0.717, 1.165) is 38.5 Å². The van der Waals surface area contributed by atoms with Gasteiger partial charge in [0.25, 0.3) is 0 Å². The van der Waals surface area contributed by atoms with E-state index in [1.54, 1.807) is 0 Å². The molecule has 0 heterocycles. The molecular formula is C26H51O3. The number of carbonyl (C=O) groups is 1. The zero-order valence-corrected chi connectivity index (χ0v) is 19.8. The SMILES string of the molecule is CCCCC(CC)CC(CCCCCCCCCCCCCCCC[O])C(=O)O. The largest absolute Gasteiger partial charge is 0.481 e. The summed E-state index contributed by atoms with van der Waals surface area (Å²) in [6.45, 7) is 4.51. The van der Waals surface area contributed by atoms with Gasteiger partial charge < -0.3 is 5.11 Å². The van der Waals surface area contributed by atoms with Crippen molar-refractivity contribution in [2.24, 2.45) is 11.8 Å². The molecule has 0 aromatic carbocycles. The van der Waals surface area contributed by atoms with Crippen molar-refractivity contribution in [3.05, 3.63) is 0 Å². The highest BCUT2D eigenvalue weighted by Crippen LogP contribution is 2.25. The van der Waals surface area contributed by atoms with E-state index < -0.39 is 5.97 Å². The number of aliphatic carboxylic acids is 1. The molecule has 0 fully saturated rings. The van der Waals surface area contributed by atoms with Gasteiger partial charge in [0.1, 0.15) is 0 Å². The van der Waals surface area contributed by atoms with Gasteiger partial charge >= 0.3 is 5.97 Å². The van der Waals surface area contributed by atoms with E-state index in [1.165, 1.54) is 89.9 Å². The summed E-state index contributed by atoms with van der Waals surface area (Å²) >= 11 is 0. The third-order valence-corrected chi connectivity index (χ3v) is 6.46. The minimum Gasteiger partial charge on any atom is -0.481 e. The molecule has 0 aromatic rings. The maximum absolute atomic E-state index is 11.6. The summed E-state index contributed by atoms with van der Waals surface area (Å²) in [5, 5.41) is 19.9. The predicted molar refractivity (Wildman–Crippen MR) is 124 cm³/mol. The van der Waals surface area contributed by atoms with Gasteiger partial charge in [-0.3, -0.25) is 4.79 Å². The third-order valence-electron chi connectivity index (χ3n) is 6.46. The second-order valence-corrected chi connectivity index (χ2v) is 9.13. The van der Waals surface area contributed by atoms with Crippen LogP contribution in [0, 0.1) is 11.8 Å². The van der Waals surface area contributed by atoms with Crippen LogP contribution < -0.4 is 0 Å². The fourth-order valence-corrected chi connectivity index (χ4v) is 4.34. The topological polar surface area (TPSA) is 57.2 Å².